The zero-order valence-corrected chi connectivity index (χ0v) is 12.1. The Bertz CT molecular complexity index is 306. The van der Waals surface area contributed by atoms with E-state index in [9.17, 15) is 4.79 Å². The molecular formula is C13H23O2Si. The van der Waals surface area contributed by atoms with Gasteiger partial charge < -0.3 is 4.43 Å². The van der Waals surface area contributed by atoms with Crippen LogP contribution in [0.3, 0.4) is 0 Å². The largest absolute Gasteiger partial charge is 0.405 e. The van der Waals surface area contributed by atoms with E-state index in [4.69, 9.17) is 4.43 Å². The first-order chi connectivity index (χ1) is 7.26. The summed E-state index contributed by atoms with van der Waals surface area (Å²) in [6.45, 7) is 10.8. The van der Waals surface area contributed by atoms with Gasteiger partial charge in [0, 0.05) is 5.92 Å². The van der Waals surface area contributed by atoms with Crippen molar-refractivity contribution in [2.24, 2.45) is 17.3 Å². The van der Waals surface area contributed by atoms with Crippen molar-refractivity contribution >= 4 is 14.8 Å². The van der Waals surface area contributed by atoms with Crippen LogP contribution >= 0.6 is 0 Å². The van der Waals surface area contributed by atoms with Crippen LogP contribution in [0.15, 0.2) is 0 Å². The lowest BCUT2D eigenvalue weighted by Gasteiger charge is -2.36. The minimum Gasteiger partial charge on any atom is -0.405 e. The number of rotatable bonds is 2. The molecule has 1 radical (unpaired) electrons. The summed E-state index contributed by atoms with van der Waals surface area (Å²) in [4.78, 5) is 12.6. The van der Waals surface area contributed by atoms with E-state index in [1.165, 1.54) is 6.42 Å². The number of carbonyl (C=O) groups is 1. The standard InChI is InChI=1S/C13H23O2Si/c1-12(2,3)10-9-6-7-13(8-9,11(10)14)15-16(4)5/h9-10H,6-8H2,1-5H3. The van der Waals surface area contributed by atoms with Crippen LogP contribution < -0.4 is 0 Å². The molecule has 2 aliphatic rings. The van der Waals surface area contributed by atoms with Gasteiger partial charge in [-0.2, -0.15) is 0 Å². The van der Waals surface area contributed by atoms with Crippen molar-refractivity contribution in [3.63, 3.8) is 0 Å². The van der Waals surface area contributed by atoms with Crippen LogP contribution in [-0.2, 0) is 9.22 Å². The van der Waals surface area contributed by atoms with Crippen molar-refractivity contribution in [3.8, 4) is 0 Å². The van der Waals surface area contributed by atoms with E-state index in [0.29, 0.717) is 11.7 Å². The molecule has 0 aromatic heterocycles. The highest BCUT2D eigenvalue weighted by Crippen LogP contribution is 2.56. The van der Waals surface area contributed by atoms with E-state index in [2.05, 4.69) is 33.9 Å². The van der Waals surface area contributed by atoms with Gasteiger partial charge in [0.15, 0.2) is 5.78 Å². The van der Waals surface area contributed by atoms with Gasteiger partial charge in [0.2, 0.25) is 9.04 Å². The molecule has 2 rings (SSSR count). The van der Waals surface area contributed by atoms with Crippen molar-refractivity contribution in [2.75, 3.05) is 0 Å². The van der Waals surface area contributed by atoms with Gasteiger partial charge in [-0.15, -0.1) is 0 Å². The van der Waals surface area contributed by atoms with Crippen LogP contribution in [-0.4, -0.2) is 20.4 Å². The SMILES string of the molecule is C[Si](C)OC12CCC(C1)C(C(C)(C)C)C2=O. The molecule has 0 saturated heterocycles. The molecule has 2 bridgehead atoms. The molecule has 16 heavy (non-hydrogen) atoms. The molecule has 0 spiro atoms. The third kappa shape index (κ3) is 1.78. The first-order valence-corrected chi connectivity index (χ1v) is 8.70. The summed E-state index contributed by atoms with van der Waals surface area (Å²) in [5, 5.41) is 0. The summed E-state index contributed by atoms with van der Waals surface area (Å²) in [6.07, 6.45) is 3.14. The Morgan fingerprint density at radius 2 is 2.00 bits per heavy atom. The van der Waals surface area contributed by atoms with Crippen molar-refractivity contribution < 1.29 is 9.22 Å². The van der Waals surface area contributed by atoms with Crippen molar-refractivity contribution in [1.82, 2.24) is 0 Å². The molecule has 0 amide bonds. The van der Waals surface area contributed by atoms with Gasteiger partial charge in [-0.25, -0.2) is 0 Å². The molecule has 0 N–H and O–H groups in total. The molecule has 0 aromatic rings. The van der Waals surface area contributed by atoms with Gasteiger partial charge in [0.05, 0.1) is 0 Å². The minimum absolute atomic E-state index is 0.0989. The van der Waals surface area contributed by atoms with E-state index in [0.717, 1.165) is 12.8 Å². The summed E-state index contributed by atoms with van der Waals surface area (Å²) in [7, 11) is -0.782. The van der Waals surface area contributed by atoms with Gasteiger partial charge in [-0.3, -0.25) is 4.79 Å². The second-order valence-electron chi connectivity index (χ2n) is 6.72. The average Bonchev–Trinajstić information content (AvgIpc) is 2.55. The maximum absolute atomic E-state index is 12.6. The Hall–Kier alpha value is -0.153. The third-order valence-corrected chi connectivity index (χ3v) is 4.85. The Kier molecular flexibility index (Phi) is 2.82. The predicted molar refractivity (Wildman–Crippen MR) is 66.6 cm³/mol. The third-order valence-electron chi connectivity index (χ3n) is 4.05. The molecular weight excluding hydrogens is 216 g/mol. The molecule has 3 atom stereocenters. The van der Waals surface area contributed by atoms with Gasteiger partial charge in [-0.05, 0) is 43.7 Å². The van der Waals surface area contributed by atoms with Gasteiger partial charge in [0.25, 0.3) is 0 Å². The maximum Gasteiger partial charge on any atom is 0.206 e. The quantitative estimate of drug-likeness (QED) is 0.692. The van der Waals surface area contributed by atoms with E-state index in [-0.39, 0.29) is 16.9 Å². The Morgan fingerprint density at radius 1 is 1.38 bits per heavy atom. The number of carbonyl (C=O) groups excluding carboxylic acids is 1. The van der Waals surface area contributed by atoms with Crippen LogP contribution in [0.2, 0.25) is 13.1 Å². The van der Waals surface area contributed by atoms with E-state index in [1.54, 1.807) is 0 Å². The molecule has 2 aliphatic carbocycles. The molecule has 91 valence electrons. The number of hydrogen-bond donors (Lipinski definition) is 0. The summed E-state index contributed by atoms with van der Waals surface area (Å²) < 4.78 is 6.08. The molecule has 0 heterocycles. The average molecular weight is 239 g/mol. The van der Waals surface area contributed by atoms with E-state index in [1.807, 2.05) is 0 Å². The number of fused-ring (bicyclic) bond motifs is 2. The monoisotopic (exact) mass is 239 g/mol. The highest BCUT2D eigenvalue weighted by Gasteiger charge is 2.61. The van der Waals surface area contributed by atoms with E-state index < -0.39 is 9.04 Å². The number of Topliss-reactive ketones (excluding diaryl/α,β-unsaturated/α-hetero) is 1. The highest BCUT2D eigenvalue weighted by molar-refractivity contribution is 6.48. The second-order valence-corrected chi connectivity index (χ2v) is 8.74. The molecule has 2 fully saturated rings. The van der Waals surface area contributed by atoms with Crippen molar-refractivity contribution in [3.05, 3.63) is 0 Å². The molecule has 2 nitrogen and oxygen atoms in total. The normalized spacial score (nSPS) is 38.8. The van der Waals surface area contributed by atoms with E-state index >= 15 is 0 Å². The van der Waals surface area contributed by atoms with Crippen LogP contribution in [0, 0.1) is 17.3 Å². The fourth-order valence-corrected chi connectivity index (χ4v) is 4.75. The molecule has 3 heteroatoms. The molecule has 2 saturated carbocycles. The zero-order chi connectivity index (χ0) is 12.1. The number of hydrogen-bond acceptors (Lipinski definition) is 2. The van der Waals surface area contributed by atoms with Crippen molar-refractivity contribution in [1.29, 1.82) is 0 Å². The highest BCUT2D eigenvalue weighted by atomic mass is 28.3. The predicted octanol–water partition coefficient (Wildman–Crippen LogP) is 3.04. The molecule has 0 aromatic carbocycles. The zero-order valence-electron chi connectivity index (χ0n) is 11.1. The van der Waals surface area contributed by atoms with Gasteiger partial charge in [0.1, 0.15) is 5.60 Å². The lowest BCUT2D eigenvalue weighted by Crippen LogP contribution is -2.45. The van der Waals surface area contributed by atoms with Crippen LogP contribution in [0.4, 0.5) is 0 Å². The lowest BCUT2D eigenvalue weighted by atomic mass is 9.70. The van der Waals surface area contributed by atoms with Crippen LogP contribution in [0.25, 0.3) is 0 Å². The lowest BCUT2D eigenvalue weighted by molar-refractivity contribution is -0.139. The van der Waals surface area contributed by atoms with Crippen LogP contribution in [0.5, 0.6) is 0 Å². The smallest absolute Gasteiger partial charge is 0.206 e. The van der Waals surface area contributed by atoms with Crippen molar-refractivity contribution in [2.45, 2.75) is 58.7 Å². The Morgan fingerprint density at radius 3 is 2.44 bits per heavy atom. The fraction of sp³-hybridized carbons (Fsp3) is 0.923. The Labute approximate surface area is 100 Å². The Balaban J connectivity index is 2.24. The maximum atomic E-state index is 12.6. The fourth-order valence-electron chi connectivity index (χ4n) is 3.69. The summed E-state index contributed by atoms with van der Waals surface area (Å²) >= 11 is 0. The van der Waals surface area contributed by atoms with Crippen LogP contribution in [0.1, 0.15) is 40.0 Å². The van der Waals surface area contributed by atoms with Gasteiger partial charge in [-0.1, -0.05) is 20.8 Å². The number of ketones is 1. The first-order valence-electron chi connectivity index (χ1n) is 6.30. The molecule has 0 aliphatic heterocycles. The minimum atomic E-state index is -0.782. The topological polar surface area (TPSA) is 26.3 Å². The molecule has 3 unspecified atom stereocenters. The summed E-state index contributed by atoms with van der Waals surface area (Å²) in [5.41, 5.74) is -0.276. The van der Waals surface area contributed by atoms with Gasteiger partial charge >= 0.3 is 0 Å². The first kappa shape index (κ1) is 12.3. The summed E-state index contributed by atoms with van der Waals surface area (Å²) in [5.74, 6) is 1.21. The second kappa shape index (κ2) is 3.67. The summed E-state index contributed by atoms with van der Waals surface area (Å²) in [6, 6.07) is 0.